The average molecular weight is 561 g/mol. The number of fused-ring (bicyclic) bond motifs is 5. The maximum Gasteiger partial charge on any atom is 0.306 e. The molecule has 5 aliphatic rings. The fourth-order valence-corrected chi connectivity index (χ4v) is 9.32. The second kappa shape index (κ2) is 12.2. The van der Waals surface area contributed by atoms with Gasteiger partial charge in [-0.25, -0.2) is 0 Å². The van der Waals surface area contributed by atoms with Crippen molar-refractivity contribution in [2.24, 2.45) is 34.5 Å². The topological polar surface area (TPSA) is 72.5 Å². The molecule has 40 heavy (non-hydrogen) atoms. The number of allylic oxidation sites excluding steroid dienone is 2. The van der Waals surface area contributed by atoms with E-state index in [2.05, 4.69) is 32.9 Å². The molecule has 0 N–H and O–H groups in total. The van der Waals surface area contributed by atoms with Gasteiger partial charge in [0.15, 0.2) is 5.79 Å². The Kier molecular flexibility index (Phi) is 9.19. The van der Waals surface area contributed by atoms with Crippen molar-refractivity contribution in [2.45, 2.75) is 103 Å². The largest absolute Gasteiger partial charge is 0.466 e. The Balaban J connectivity index is 1.45. The highest BCUT2D eigenvalue weighted by Crippen LogP contribution is 2.66. The third-order valence-corrected chi connectivity index (χ3v) is 11.4. The van der Waals surface area contributed by atoms with Crippen molar-refractivity contribution >= 4 is 5.97 Å². The zero-order valence-corrected chi connectivity index (χ0v) is 25.7. The van der Waals surface area contributed by atoms with Gasteiger partial charge in [-0.05, 0) is 74.0 Å². The summed E-state index contributed by atoms with van der Waals surface area (Å²) < 4.78 is 35.4. The molecule has 0 amide bonds. The third-order valence-electron chi connectivity index (χ3n) is 11.4. The molecule has 226 valence electrons. The zero-order chi connectivity index (χ0) is 28.5. The standard InChI is InChI=1S/C33H52O7/c1-7-38-29(34)18-22(2)27-20-28(40-33(36-6)14-16-37-17-15-33)30-25-9-8-23-19-24(39-21-35-5)10-12-31(23,3)26(25)11-13-32(27,30)4/h8,20,22,24-26,28,30H,7,9-19,21H2,1-6H3/t22-,24+,25-,26+,28-,30-,31+,32-/m1/s1. The van der Waals surface area contributed by atoms with Crippen molar-refractivity contribution in [2.75, 3.05) is 40.8 Å². The van der Waals surface area contributed by atoms with E-state index in [1.807, 2.05) is 6.92 Å². The van der Waals surface area contributed by atoms with Crippen LogP contribution in [-0.2, 0) is 33.2 Å². The lowest BCUT2D eigenvalue weighted by Gasteiger charge is -2.59. The summed E-state index contributed by atoms with van der Waals surface area (Å²) in [5.74, 6) is 0.856. The molecule has 1 saturated heterocycles. The first-order valence-corrected chi connectivity index (χ1v) is 15.7. The molecule has 0 aromatic rings. The second-order valence-electron chi connectivity index (χ2n) is 13.4. The minimum Gasteiger partial charge on any atom is -0.466 e. The highest BCUT2D eigenvalue weighted by Gasteiger charge is 2.61. The molecule has 0 radical (unpaired) electrons. The van der Waals surface area contributed by atoms with Crippen LogP contribution in [0.15, 0.2) is 23.3 Å². The summed E-state index contributed by atoms with van der Waals surface area (Å²) in [4.78, 5) is 12.5. The zero-order valence-electron chi connectivity index (χ0n) is 25.7. The van der Waals surface area contributed by atoms with Crippen molar-refractivity contribution < 1.29 is 33.2 Å². The van der Waals surface area contributed by atoms with Crippen LogP contribution in [0.25, 0.3) is 0 Å². The quantitative estimate of drug-likeness (QED) is 0.179. The van der Waals surface area contributed by atoms with Gasteiger partial charge < -0.3 is 28.4 Å². The Labute approximate surface area is 241 Å². The van der Waals surface area contributed by atoms with E-state index >= 15 is 0 Å². The Hall–Kier alpha value is -1.25. The van der Waals surface area contributed by atoms with Crippen molar-refractivity contribution in [3.63, 3.8) is 0 Å². The predicted octanol–water partition coefficient (Wildman–Crippen LogP) is 6.21. The average Bonchev–Trinajstić information content (AvgIpc) is 3.24. The van der Waals surface area contributed by atoms with E-state index in [0.717, 1.165) is 44.9 Å². The van der Waals surface area contributed by atoms with Gasteiger partial charge in [0.05, 0.1) is 38.4 Å². The van der Waals surface area contributed by atoms with Gasteiger partial charge in [0.25, 0.3) is 0 Å². The summed E-state index contributed by atoms with van der Waals surface area (Å²) in [5.41, 5.74) is 3.14. The van der Waals surface area contributed by atoms with Gasteiger partial charge in [-0.15, -0.1) is 0 Å². The molecule has 7 nitrogen and oxygen atoms in total. The van der Waals surface area contributed by atoms with Crippen molar-refractivity contribution in [1.29, 1.82) is 0 Å². The molecule has 0 unspecified atom stereocenters. The third kappa shape index (κ3) is 5.46. The summed E-state index contributed by atoms with van der Waals surface area (Å²) in [6.07, 6.45) is 13.7. The van der Waals surface area contributed by atoms with Crippen molar-refractivity contribution in [3.05, 3.63) is 23.3 Å². The number of carbonyl (C=O) groups excluding carboxylic acids is 1. The number of rotatable bonds is 10. The normalized spacial score (nSPS) is 39.3. The molecule has 7 heteroatoms. The van der Waals surface area contributed by atoms with Gasteiger partial charge in [-0.3, -0.25) is 4.79 Å². The summed E-state index contributed by atoms with van der Waals surface area (Å²) in [6, 6.07) is 0. The fraction of sp³-hybridized carbons (Fsp3) is 0.848. The van der Waals surface area contributed by atoms with Crippen molar-refractivity contribution in [1.82, 2.24) is 0 Å². The minimum atomic E-state index is -0.622. The first-order valence-electron chi connectivity index (χ1n) is 15.7. The Morgan fingerprint density at radius 2 is 1.85 bits per heavy atom. The monoisotopic (exact) mass is 560 g/mol. The van der Waals surface area contributed by atoms with E-state index in [-0.39, 0.29) is 34.9 Å². The van der Waals surface area contributed by atoms with Gasteiger partial charge in [0, 0.05) is 33.0 Å². The van der Waals surface area contributed by atoms with Crippen LogP contribution in [-0.4, -0.2) is 64.8 Å². The molecule has 2 saturated carbocycles. The van der Waals surface area contributed by atoms with Crippen LogP contribution < -0.4 is 0 Å². The lowest BCUT2D eigenvalue weighted by molar-refractivity contribution is -0.282. The highest BCUT2D eigenvalue weighted by molar-refractivity contribution is 5.70. The number of hydrogen-bond donors (Lipinski definition) is 0. The number of methoxy groups -OCH3 is 2. The van der Waals surface area contributed by atoms with Crippen LogP contribution in [0.4, 0.5) is 0 Å². The van der Waals surface area contributed by atoms with Crippen LogP contribution in [0, 0.1) is 34.5 Å². The molecule has 5 rings (SSSR count). The van der Waals surface area contributed by atoms with Crippen LogP contribution in [0.2, 0.25) is 0 Å². The number of hydrogen-bond acceptors (Lipinski definition) is 7. The number of carbonyl (C=O) groups is 1. The maximum absolute atomic E-state index is 12.5. The lowest BCUT2D eigenvalue weighted by atomic mass is 9.46. The van der Waals surface area contributed by atoms with E-state index < -0.39 is 5.79 Å². The molecule has 8 atom stereocenters. The smallest absolute Gasteiger partial charge is 0.306 e. The molecule has 0 aromatic carbocycles. The molecule has 4 aliphatic carbocycles. The predicted molar refractivity (Wildman–Crippen MR) is 152 cm³/mol. The molecule has 0 bridgehead atoms. The van der Waals surface area contributed by atoms with Crippen LogP contribution in [0.5, 0.6) is 0 Å². The molecule has 3 fully saturated rings. The highest BCUT2D eigenvalue weighted by atomic mass is 16.7. The van der Waals surface area contributed by atoms with Gasteiger partial charge >= 0.3 is 5.97 Å². The van der Waals surface area contributed by atoms with E-state index in [9.17, 15) is 4.79 Å². The summed E-state index contributed by atoms with van der Waals surface area (Å²) in [6.45, 7) is 11.1. The first kappa shape index (κ1) is 30.2. The van der Waals surface area contributed by atoms with E-state index in [1.165, 1.54) is 12.0 Å². The number of ether oxygens (including phenoxy) is 6. The Bertz CT molecular complexity index is 968. The molecule has 0 aromatic heterocycles. The van der Waals surface area contributed by atoms with E-state index in [0.29, 0.717) is 50.8 Å². The lowest BCUT2D eigenvalue weighted by Crippen LogP contribution is -2.54. The Morgan fingerprint density at radius 3 is 2.55 bits per heavy atom. The Morgan fingerprint density at radius 1 is 1.10 bits per heavy atom. The molecule has 1 aliphatic heterocycles. The van der Waals surface area contributed by atoms with Gasteiger partial charge in [-0.2, -0.15) is 0 Å². The second-order valence-corrected chi connectivity index (χ2v) is 13.4. The maximum atomic E-state index is 12.5. The SMILES string of the molecule is CCOC(=O)C[C@@H](C)C1=C[C@@H](OC2(OC)CCOCC2)[C@H]2[C@@H]3CC=C4C[C@@H](OCOC)CC[C@]4(C)[C@H]3CC[C@]12C. The summed E-state index contributed by atoms with van der Waals surface area (Å²) in [7, 11) is 3.47. The molecular formula is C33H52O7. The summed E-state index contributed by atoms with van der Waals surface area (Å²) >= 11 is 0. The molecular weight excluding hydrogens is 508 g/mol. The minimum absolute atomic E-state index is 0.0156. The van der Waals surface area contributed by atoms with Gasteiger partial charge in [-0.1, -0.05) is 44.1 Å². The van der Waals surface area contributed by atoms with Gasteiger partial charge in [0.1, 0.15) is 6.79 Å². The van der Waals surface area contributed by atoms with Crippen LogP contribution in [0.1, 0.15) is 85.5 Å². The van der Waals surface area contributed by atoms with Crippen molar-refractivity contribution in [3.8, 4) is 0 Å². The first-order chi connectivity index (χ1) is 19.2. The number of esters is 1. The fourth-order valence-electron chi connectivity index (χ4n) is 9.32. The van der Waals surface area contributed by atoms with Crippen LogP contribution in [0.3, 0.4) is 0 Å². The van der Waals surface area contributed by atoms with Crippen LogP contribution >= 0.6 is 0 Å². The van der Waals surface area contributed by atoms with Gasteiger partial charge in [0.2, 0.25) is 0 Å². The molecule has 1 heterocycles. The molecule has 0 spiro atoms. The summed E-state index contributed by atoms with van der Waals surface area (Å²) in [5, 5.41) is 0. The van der Waals surface area contributed by atoms with E-state index in [1.54, 1.807) is 19.8 Å². The van der Waals surface area contributed by atoms with E-state index in [4.69, 9.17) is 28.4 Å².